The van der Waals surface area contributed by atoms with Crippen LogP contribution in [-0.2, 0) is 6.54 Å². The maximum Gasteiger partial charge on any atom is 0.0489 e. The average molecular weight is 249 g/mol. The van der Waals surface area contributed by atoms with Crippen molar-refractivity contribution in [3.05, 3.63) is 18.5 Å². The number of hydrogen-bond donors (Lipinski definition) is 1. The van der Waals surface area contributed by atoms with Crippen LogP contribution >= 0.6 is 0 Å². The molecule has 1 aliphatic rings. The zero-order chi connectivity index (χ0) is 12.6. The zero-order valence-electron chi connectivity index (χ0n) is 11.6. The topological polar surface area (TPSA) is 29.9 Å². The Labute approximate surface area is 111 Å². The molecule has 2 unspecified atom stereocenters. The molecule has 2 rings (SSSR count). The van der Waals surface area contributed by atoms with E-state index in [4.69, 9.17) is 0 Å². The Bertz CT molecular complexity index is 308. The monoisotopic (exact) mass is 249 g/mol. The molecule has 1 aromatic rings. The van der Waals surface area contributed by atoms with Gasteiger partial charge in [-0.3, -0.25) is 4.68 Å². The van der Waals surface area contributed by atoms with Crippen molar-refractivity contribution < 1.29 is 0 Å². The molecule has 0 bridgehead atoms. The fourth-order valence-electron chi connectivity index (χ4n) is 2.97. The van der Waals surface area contributed by atoms with Gasteiger partial charge in [0.2, 0.25) is 0 Å². The van der Waals surface area contributed by atoms with Crippen molar-refractivity contribution in [1.29, 1.82) is 0 Å². The van der Waals surface area contributed by atoms with Gasteiger partial charge in [0, 0.05) is 25.0 Å². The van der Waals surface area contributed by atoms with Gasteiger partial charge in [0.15, 0.2) is 0 Å². The van der Waals surface area contributed by atoms with Crippen LogP contribution in [0.3, 0.4) is 0 Å². The predicted molar refractivity (Wildman–Crippen MR) is 75.5 cm³/mol. The second kappa shape index (κ2) is 7.57. The molecule has 1 N–H and O–H groups in total. The third-order valence-electron chi connectivity index (χ3n) is 4.22. The summed E-state index contributed by atoms with van der Waals surface area (Å²) in [5.74, 6) is 0.987. The molecule has 0 aliphatic heterocycles. The summed E-state index contributed by atoms with van der Waals surface area (Å²) in [6.07, 6.45) is 13.5. The van der Waals surface area contributed by atoms with E-state index in [1.165, 1.54) is 44.9 Å². The van der Waals surface area contributed by atoms with Crippen molar-refractivity contribution >= 4 is 0 Å². The summed E-state index contributed by atoms with van der Waals surface area (Å²) in [7, 11) is 0. The first-order valence-corrected chi connectivity index (χ1v) is 7.59. The third-order valence-corrected chi connectivity index (χ3v) is 4.22. The van der Waals surface area contributed by atoms with Crippen LogP contribution in [0.5, 0.6) is 0 Å². The molecule has 0 spiro atoms. The molecule has 0 saturated heterocycles. The van der Waals surface area contributed by atoms with Gasteiger partial charge >= 0.3 is 0 Å². The lowest BCUT2D eigenvalue weighted by Gasteiger charge is -2.16. The summed E-state index contributed by atoms with van der Waals surface area (Å²) in [5.41, 5.74) is 0. The van der Waals surface area contributed by atoms with Crippen LogP contribution in [0.15, 0.2) is 18.5 Å². The largest absolute Gasteiger partial charge is 0.314 e. The summed E-state index contributed by atoms with van der Waals surface area (Å²) in [4.78, 5) is 0. The molecule has 3 heteroatoms. The van der Waals surface area contributed by atoms with Crippen LogP contribution in [0.1, 0.15) is 51.9 Å². The molecule has 1 aliphatic carbocycles. The zero-order valence-corrected chi connectivity index (χ0v) is 11.6. The van der Waals surface area contributed by atoms with Crippen LogP contribution in [0, 0.1) is 5.92 Å². The van der Waals surface area contributed by atoms with Crippen molar-refractivity contribution in [2.24, 2.45) is 5.92 Å². The fraction of sp³-hybridized carbons (Fsp3) is 0.800. The Kier molecular flexibility index (Phi) is 5.72. The summed E-state index contributed by atoms with van der Waals surface area (Å²) < 4.78 is 2.02. The first-order valence-electron chi connectivity index (χ1n) is 7.59. The highest BCUT2D eigenvalue weighted by molar-refractivity contribution is 4.78. The summed E-state index contributed by atoms with van der Waals surface area (Å²) in [5, 5.41) is 7.95. The molecule has 2 atom stereocenters. The van der Waals surface area contributed by atoms with Gasteiger partial charge in [0.1, 0.15) is 0 Å². The van der Waals surface area contributed by atoms with Gasteiger partial charge in [-0.05, 0) is 44.2 Å². The van der Waals surface area contributed by atoms with Crippen LogP contribution in [-0.4, -0.2) is 22.4 Å². The lowest BCUT2D eigenvalue weighted by Crippen LogP contribution is -2.30. The number of nitrogens with zero attached hydrogens (tertiary/aromatic N) is 2. The standard InChI is InChI=1S/C15H27N3/c1-2-14-6-3-7-15(9-8-14)16-10-4-12-18-13-5-11-17-18/h5,11,13-16H,2-4,6-10,12H2,1H3. The van der Waals surface area contributed by atoms with Crippen molar-refractivity contribution in [3.8, 4) is 0 Å². The maximum atomic E-state index is 4.23. The Balaban J connectivity index is 1.58. The van der Waals surface area contributed by atoms with E-state index in [9.17, 15) is 0 Å². The first kappa shape index (κ1) is 13.6. The molecule has 18 heavy (non-hydrogen) atoms. The van der Waals surface area contributed by atoms with E-state index in [-0.39, 0.29) is 0 Å². The molecule has 1 saturated carbocycles. The van der Waals surface area contributed by atoms with Gasteiger partial charge < -0.3 is 5.32 Å². The molecule has 1 heterocycles. The maximum absolute atomic E-state index is 4.23. The predicted octanol–water partition coefficient (Wildman–Crippen LogP) is 3.22. The molecule has 0 radical (unpaired) electrons. The number of nitrogens with one attached hydrogen (secondary N) is 1. The van der Waals surface area contributed by atoms with E-state index in [1.54, 1.807) is 0 Å². The highest BCUT2D eigenvalue weighted by atomic mass is 15.3. The van der Waals surface area contributed by atoms with Gasteiger partial charge in [-0.2, -0.15) is 5.10 Å². The fourth-order valence-corrected chi connectivity index (χ4v) is 2.97. The lowest BCUT2D eigenvalue weighted by molar-refractivity contribution is 0.418. The van der Waals surface area contributed by atoms with Crippen molar-refractivity contribution in [2.45, 2.75) is 64.5 Å². The van der Waals surface area contributed by atoms with E-state index in [1.807, 2.05) is 23.1 Å². The molecule has 1 aromatic heterocycles. The van der Waals surface area contributed by atoms with Gasteiger partial charge in [0.05, 0.1) is 0 Å². The SMILES string of the molecule is CCC1CCCC(NCCCn2cccn2)CC1. The van der Waals surface area contributed by atoms with Gasteiger partial charge in [-0.25, -0.2) is 0 Å². The second-order valence-corrected chi connectivity index (χ2v) is 5.56. The van der Waals surface area contributed by atoms with Gasteiger partial charge in [0.25, 0.3) is 0 Å². The normalized spacial score (nSPS) is 24.9. The molecule has 0 aromatic carbocycles. The number of aryl methyl sites for hydroxylation is 1. The summed E-state index contributed by atoms with van der Waals surface area (Å²) >= 11 is 0. The minimum absolute atomic E-state index is 0.763. The Morgan fingerprint density at radius 3 is 3.00 bits per heavy atom. The summed E-state index contributed by atoms with van der Waals surface area (Å²) in [6, 6.07) is 2.75. The van der Waals surface area contributed by atoms with E-state index in [0.29, 0.717) is 0 Å². The second-order valence-electron chi connectivity index (χ2n) is 5.56. The van der Waals surface area contributed by atoms with Crippen LogP contribution < -0.4 is 5.32 Å². The highest BCUT2D eigenvalue weighted by Crippen LogP contribution is 2.25. The summed E-state index contributed by atoms with van der Waals surface area (Å²) in [6.45, 7) is 4.49. The van der Waals surface area contributed by atoms with Crippen LogP contribution in [0.25, 0.3) is 0 Å². The first-order chi connectivity index (χ1) is 8.88. The molecular formula is C15H27N3. The minimum atomic E-state index is 0.763. The third kappa shape index (κ3) is 4.45. The highest BCUT2D eigenvalue weighted by Gasteiger charge is 2.16. The average Bonchev–Trinajstić information content (AvgIpc) is 2.80. The molecule has 102 valence electrons. The van der Waals surface area contributed by atoms with Crippen LogP contribution in [0.4, 0.5) is 0 Å². The van der Waals surface area contributed by atoms with Gasteiger partial charge in [-0.15, -0.1) is 0 Å². The van der Waals surface area contributed by atoms with Crippen molar-refractivity contribution in [3.63, 3.8) is 0 Å². The number of aromatic nitrogens is 2. The molecular weight excluding hydrogens is 222 g/mol. The minimum Gasteiger partial charge on any atom is -0.314 e. The van der Waals surface area contributed by atoms with E-state index in [0.717, 1.165) is 25.0 Å². The van der Waals surface area contributed by atoms with Crippen molar-refractivity contribution in [2.75, 3.05) is 6.54 Å². The Morgan fingerprint density at radius 1 is 1.28 bits per heavy atom. The smallest absolute Gasteiger partial charge is 0.0489 e. The van der Waals surface area contributed by atoms with Crippen molar-refractivity contribution in [1.82, 2.24) is 15.1 Å². The quantitative estimate of drug-likeness (QED) is 0.619. The van der Waals surface area contributed by atoms with Crippen LogP contribution in [0.2, 0.25) is 0 Å². The molecule has 3 nitrogen and oxygen atoms in total. The van der Waals surface area contributed by atoms with Gasteiger partial charge in [-0.1, -0.05) is 26.2 Å². The Hall–Kier alpha value is -0.830. The Morgan fingerprint density at radius 2 is 2.22 bits per heavy atom. The van der Waals surface area contributed by atoms with E-state index in [2.05, 4.69) is 17.3 Å². The van der Waals surface area contributed by atoms with E-state index >= 15 is 0 Å². The number of hydrogen-bond acceptors (Lipinski definition) is 2. The number of rotatable bonds is 6. The molecule has 1 fully saturated rings. The van der Waals surface area contributed by atoms with E-state index < -0.39 is 0 Å². The molecule has 0 amide bonds. The lowest BCUT2D eigenvalue weighted by atomic mass is 9.98.